The van der Waals surface area contributed by atoms with Crippen molar-refractivity contribution in [2.75, 3.05) is 6.61 Å². The fraction of sp³-hybridized carbons (Fsp3) is 0.538. The molecule has 0 amide bonds. The topological polar surface area (TPSA) is 35.2 Å². The first-order valence-corrected chi connectivity index (χ1v) is 6.40. The maximum absolute atomic E-state index is 12.0. The molecule has 0 saturated heterocycles. The molecule has 0 radical (unpaired) electrons. The van der Waals surface area contributed by atoms with Crippen LogP contribution in [0.15, 0.2) is 18.2 Å². The van der Waals surface area contributed by atoms with E-state index in [2.05, 4.69) is 0 Å². The summed E-state index contributed by atoms with van der Waals surface area (Å²) in [5.41, 5.74) is 6.45. The van der Waals surface area contributed by atoms with Crippen LogP contribution in [-0.2, 0) is 6.42 Å². The summed E-state index contributed by atoms with van der Waals surface area (Å²) in [7, 11) is 0. The molecule has 0 heterocycles. The Bertz CT molecular complexity index is 407. The normalized spacial score (nSPS) is 13.4. The minimum absolute atomic E-state index is 0.00576. The quantitative estimate of drug-likeness (QED) is 0.807. The molecule has 2 nitrogen and oxygen atoms in total. The van der Waals surface area contributed by atoms with E-state index in [1.165, 1.54) is 0 Å². The van der Waals surface area contributed by atoms with Crippen molar-refractivity contribution in [3.05, 3.63) is 28.8 Å². The van der Waals surface area contributed by atoms with Crippen LogP contribution in [0.2, 0.25) is 5.02 Å². The van der Waals surface area contributed by atoms with Gasteiger partial charge in [0.1, 0.15) is 5.75 Å². The van der Waals surface area contributed by atoms with E-state index in [1.807, 2.05) is 6.92 Å². The Morgan fingerprint density at radius 1 is 1.37 bits per heavy atom. The summed E-state index contributed by atoms with van der Waals surface area (Å²) >= 11 is 6.04. The molecular formula is C13H17ClF3NO. The molecule has 0 saturated carbocycles. The van der Waals surface area contributed by atoms with Crippen molar-refractivity contribution in [1.29, 1.82) is 0 Å². The molecule has 1 aromatic carbocycles. The van der Waals surface area contributed by atoms with Gasteiger partial charge in [-0.1, -0.05) is 17.7 Å². The van der Waals surface area contributed by atoms with Crippen molar-refractivity contribution in [3.8, 4) is 5.75 Å². The summed E-state index contributed by atoms with van der Waals surface area (Å²) in [4.78, 5) is 0. The zero-order valence-corrected chi connectivity index (χ0v) is 11.4. The van der Waals surface area contributed by atoms with E-state index >= 15 is 0 Å². The van der Waals surface area contributed by atoms with Crippen molar-refractivity contribution in [2.24, 2.45) is 5.73 Å². The van der Waals surface area contributed by atoms with Gasteiger partial charge < -0.3 is 10.5 Å². The van der Waals surface area contributed by atoms with Gasteiger partial charge in [-0.25, -0.2) is 0 Å². The van der Waals surface area contributed by atoms with Crippen LogP contribution in [0.5, 0.6) is 5.75 Å². The third-order valence-electron chi connectivity index (χ3n) is 2.46. The lowest BCUT2D eigenvalue weighted by Gasteiger charge is -2.15. The molecule has 0 aliphatic carbocycles. The fourth-order valence-corrected chi connectivity index (χ4v) is 1.89. The summed E-state index contributed by atoms with van der Waals surface area (Å²) in [5.74, 6) is 0.506. The molecule has 0 aromatic heterocycles. The van der Waals surface area contributed by atoms with Crippen LogP contribution in [0.4, 0.5) is 13.2 Å². The third-order valence-corrected chi connectivity index (χ3v) is 2.82. The molecule has 108 valence electrons. The van der Waals surface area contributed by atoms with E-state index < -0.39 is 12.6 Å². The summed E-state index contributed by atoms with van der Waals surface area (Å²) < 4.78 is 41.4. The number of alkyl halides is 3. The SMILES string of the molecule is CC(N)Cc1c(Cl)cccc1OCCCC(F)(F)F. The number of hydrogen-bond acceptors (Lipinski definition) is 2. The van der Waals surface area contributed by atoms with Crippen LogP contribution in [0.25, 0.3) is 0 Å². The maximum Gasteiger partial charge on any atom is 0.389 e. The van der Waals surface area contributed by atoms with Gasteiger partial charge in [-0.2, -0.15) is 13.2 Å². The third kappa shape index (κ3) is 6.16. The number of halogens is 4. The van der Waals surface area contributed by atoms with E-state index in [0.717, 1.165) is 5.56 Å². The van der Waals surface area contributed by atoms with Gasteiger partial charge >= 0.3 is 6.18 Å². The fourth-order valence-electron chi connectivity index (χ4n) is 1.65. The summed E-state index contributed by atoms with van der Waals surface area (Å²) in [6.07, 6.45) is -4.55. The largest absolute Gasteiger partial charge is 0.493 e. The maximum atomic E-state index is 12.0. The number of benzene rings is 1. The standard InChI is InChI=1S/C13H17ClF3NO/c1-9(18)8-10-11(14)4-2-5-12(10)19-7-3-6-13(15,16)17/h2,4-5,9H,3,6-8,18H2,1H3. The van der Waals surface area contributed by atoms with Gasteiger partial charge in [0, 0.05) is 23.0 Å². The molecule has 0 spiro atoms. The molecule has 2 N–H and O–H groups in total. The lowest BCUT2D eigenvalue weighted by atomic mass is 10.1. The van der Waals surface area contributed by atoms with Crippen molar-refractivity contribution >= 4 is 11.6 Å². The van der Waals surface area contributed by atoms with E-state index in [-0.39, 0.29) is 19.1 Å². The average molecular weight is 296 g/mol. The van der Waals surface area contributed by atoms with Crippen LogP contribution in [0, 0.1) is 0 Å². The Kier molecular flexibility index (Phi) is 5.94. The molecule has 0 bridgehead atoms. The van der Waals surface area contributed by atoms with Crippen molar-refractivity contribution in [2.45, 2.75) is 38.4 Å². The van der Waals surface area contributed by atoms with Gasteiger partial charge in [-0.15, -0.1) is 0 Å². The first-order valence-electron chi connectivity index (χ1n) is 6.02. The Hall–Kier alpha value is -0.940. The second-order valence-electron chi connectivity index (χ2n) is 4.47. The van der Waals surface area contributed by atoms with Crippen LogP contribution in [-0.4, -0.2) is 18.8 Å². The highest BCUT2D eigenvalue weighted by molar-refractivity contribution is 6.31. The zero-order valence-electron chi connectivity index (χ0n) is 10.6. The Morgan fingerprint density at radius 2 is 2.05 bits per heavy atom. The van der Waals surface area contributed by atoms with Crippen LogP contribution in [0.1, 0.15) is 25.3 Å². The molecule has 1 rings (SSSR count). The van der Waals surface area contributed by atoms with Crippen molar-refractivity contribution in [1.82, 2.24) is 0 Å². The molecule has 0 aliphatic heterocycles. The second-order valence-corrected chi connectivity index (χ2v) is 4.87. The lowest BCUT2D eigenvalue weighted by molar-refractivity contribution is -0.136. The van der Waals surface area contributed by atoms with Crippen LogP contribution < -0.4 is 10.5 Å². The first-order chi connectivity index (χ1) is 8.79. The van der Waals surface area contributed by atoms with Crippen molar-refractivity contribution < 1.29 is 17.9 Å². The van der Waals surface area contributed by atoms with E-state index in [9.17, 15) is 13.2 Å². The van der Waals surface area contributed by atoms with Gasteiger partial charge in [0.15, 0.2) is 0 Å². The van der Waals surface area contributed by atoms with Gasteiger partial charge in [-0.05, 0) is 31.9 Å². The molecular weight excluding hydrogens is 279 g/mol. The molecule has 6 heteroatoms. The van der Waals surface area contributed by atoms with Crippen LogP contribution >= 0.6 is 11.6 Å². The predicted octanol–water partition coefficient (Wildman–Crippen LogP) is 3.95. The van der Waals surface area contributed by atoms with Gasteiger partial charge in [0.2, 0.25) is 0 Å². The number of rotatable bonds is 6. The second kappa shape index (κ2) is 7.01. The highest BCUT2D eigenvalue weighted by Crippen LogP contribution is 2.28. The van der Waals surface area contributed by atoms with E-state index in [0.29, 0.717) is 17.2 Å². The smallest absolute Gasteiger partial charge is 0.389 e. The van der Waals surface area contributed by atoms with Gasteiger partial charge in [0.05, 0.1) is 6.61 Å². The Labute approximate surface area is 115 Å². The highest BCUT2D eigenvalue weighted by Gasteiger charge is 2.26. The molecule has 0 fully saturated rings. The van der Waals surface area contributed by atoms with E-state index in [4.69, 9.17) is 22.1 Å². The summed E-state index contributed by atoms with van der Waals surface area (Å²) in [6.45, 7) is 1.84. The Balaban J connectivity index is 2.60. The average Bonchev–Trinajstić information content (AvgIpc) is 2.27. The molecule has 1 unspecified atom stereocenters. The molecule has 1 atom stereocenters. The minimum atomic E-state index is -4.15. The number of ether oxygens (including phenoxy) is 1. The van der Waals surface area contributed by atoms with Gasteiger partial charge in [0.25, 0.3) is 0 Å². The van der Waals surface area contributed by atoms with Crippen molar-refractivity contribution in [3.63, 3.8) is 0 Å². The highest BCUT2D eigenvalue weighted by atomic mass is 35.5. The monoisotopic (exact) mass is 295 g/mol. The number of hydrogen-bond donors (Lipinski definition) is 1. The Morgan fingerprint density at radius 3 is 2.63 bits per heavy atom. The van der Waals surface area contributed by atoms with E-state index in [1.54, 1.807) is 18.2 Å². The molecule has 1 aromatic rings. The minimum Gasteiger partial charge on any atom is -0.493 e. The number of nitrogens with two attached hydrogens (primary N) is 1. The molecule has 19 heavy (non-hydrogen) atoms. The molecule has 0 aliphatic rings. The van der Waals surface area contributed by atoms with Crippen LogP contribution in [0.3, 0.4) is 0 Å². The zero-order chi connectivity index (χ0) is 14.5. The summed E-state index contributed by atoms with van der Waals surface area (Å²) in [5, 5.41) is 0.519. The lowest BCUT2D eigenvalue weighted by Crippen LogP contribution is -2.19. The first kappa shape index (κ1) is 16.1. The summed E-state index contributed by atoms with van der Waals surface area (Å²) in [6, 6.07) is 5.00. The van der Waals surface area contributed by atoms with Gasteiger partial charge in [-0.3, -0.25) is 0 Å². The predicted molar refractivity (Wildman–Crippen MR) is 69.6 cm³/mol.